The standard InChI is InChI=1S/C21H24N4O4S/c1-4-30(27,28)25-18-11-16(14(2)26)10-17(12-18)19-23-24-20(29-19)21(3,22)13-15-8-6-5-7-9-15/h5-12,25H,4,13,22H2,1-3H3. The molecule has 0 aliphatic heterocycles. The van der Waals surface area contributed by atoms with Crippen molar-refractivity contribution in [2.24, 2.45) is 5.73 Å². The number of nitrogens with zero attached hydrogens (tertiary/aromatic N) is 2. The minimum atomic E-state index is -3.51. The highest BCUT2D eigenvalue weighted by Gasteiger charge is 2.29. The Balaban J connectivity index is 1.95. The topological polar surface area (TPSA) is 128 Å². The first kappa shape index (κ1) is 21.7. The van der Waals surface area contributed by atoms with E-state index in [2.05, 4.69) is 14.9 Å². The van der Waals surface area contributed by atoms with E-state index < -0.39 is 15.6 Å². The van der Waals surface area contributed by atoms with E-state index >= 15 is 0 Å². The predicted molar refractivity (Wildman–Crippen MR) is 115 cm³/mol. The van der Waals surface area contributed by atoms with E-state index in [4.69, 9.17) is 10.2 Å². The number of ketones is 1. The zero-order valence-corrected chi connectivity index (χ0v) is 17.9. The van der Waals surface area contributed by atoms with Crippen LogP contribution in [-0.2, 0) is 22.0 Å². The van der Waals surface area contributed by atoms with E-state index in [-0.39, 0.29) is 29.0 Å². The van der Waals surface area contributed by atoms with Gasteiger partial charge >= 0.3 is 0 Å². The lowest BCUT2D eigenvalue weighted by Gasteiger charge is -2.20. The van der Waals surface area contributed by atoms with Crippen molar-refractivity contribution in [2.45, 2.75) is 32.7 Å². The van der Waals surface area contributed by atoms with Crippen molar-refractivity contribution in [1.82, 2.24) is 10.2 Å². The van der Waals surface area contributed by atoms with Crippen molar-refractivity contribution < 1.29 is 17.6 Å². The fourth-order valence-electron chi connectivity index (χ4n) is 2.93. The lowest BCUT2D eigenvalue weighted by atomic mass is 9.94. The van der Waals surface area contributed by atoms with Gasteiger partial charge < -0.3 is 10.2 Å². The van der Waals surface area contributed by atoms with Crippen LogP contribution in [0.15, 0.2) is 52.9 Å². The van der Waals surface area contributed by atoms with Gasteiger partial charge in [0.05, 0.1) is 11.3 Å². The quantitative estimate of drug-likeness (QED) is 0.528. The summed E-state index contributed by atoms with van der Waals surface area (Å²) in [6.07, 6.45) is 0.491. The summed E-state index contributed by atoms with van der Waals surface area (Å²) in [4.78, 5) is 11.9. The Bertz CT molecular complexity index is 1150. The van der Waals surface area contributed by atoms with Gasteiger partial charge in [0.15, 0.2) is 5.78 Å². The summed E-state index contributed by atoms with van der Waals surface area (Å²) in [5.41, 5.74) is 7.54. The molecule has 8 nitrogen and oxygen atoms in total. The third-order valence-corrected chi connectivity index (χ3v) is 5.87. The largest absolute Gasteiger partial charge is 0.419 e. The Hall–Kier alpha value is -3.04. The minimum absolute atomic E-state index is 0.0949. The molecule has 0 amide bonds. The number of hydrogen-bond donors (Lipinski definition) is 2. The number of hydrogen-bond acceptors (Lipinski definition) is 7. The van der Waals surface area contributed by atoms with E-state index in [1.54, 1.807) is 19.1 Å². The second-order valence-electron chi connectivity index (χ2n) is 7.35. The van der Waals surface area contributed by atoms with Crippen LogP contribution in [0.1, 0.15) is 42.6 Å². The second kappa shape index (κ2) is 8.37. The van der Waals surface area contributed by atoms with Crippen LogP contribution < -0.4 is 10.5 Å². The molecule has 30 heavy (non-hydrogen) atoms. The molecule has 0 spiro atoms. The van der Waals surface area contributed by atoms with Gasteiger partial charge in [0, 0.05) is 16.8 Å². The molecule has 1 heterocycles. The molecule has 1 aromatic heterocycles. The number of nitrogens with one attached hydrogen (secondary N) is 1. The van der Waals surface area contributed by atoms with Crippen molar-refractivity contribution in [1.29, 1.82) is 0 Å². The van der Waals surface area contributed by atoms with Crippen molar-refractivity contribution in [2.75, 3.05) is 10.5 Å². The van der Waals surface area contributed by atoms with Crippen LogP contribution in [0.5, 0.6) is 0 Å². The van der Waals surface area contributed by atoms with Crippen molar-refractivity contribution in [3.63, 3.8) is 0 Å². The predicted octanol–water partition coefficient (Wildman–Crippen LogP) is 3.12. The molecule has 3 rings (SSSR count). The zero-order chi connectivity index (χ0) is 21.9. The molecule has 1 atom stereocenters. The van der Waals surface area contributed by atoms with Crippen molar-refractivity contribution in [3.05, 3.63) is 65.5 Å². The number of carbonyl (C=O) groups excluding carboxylic acids is 1. The van der Waals surface area contributed by atoms with Crippen LogP contribution in [0.25, 0.3) is 11.5 Å². The van der Waals surface area contributed by atoms with E-state index in [1.807, 2.05) is 30.3 Å². The van der Waals surface area contributed by atoms with Crippen LogP contribution in [0, 0.1) is 0 Å². The molecule has 0 aliphatic carbocycles. The Morgan fingerprint density at radius 2 is 1.87 bits per heavy atom. The van der Waals surface area contributed by atoms with Crippen molar-refractivity contribution in [3.8, 4) is 11.5 Å². The summed E-state index contributed by atoms with van der Waals surface area (Å²) >= 11 is 0. The van der Waals surface area contributed by atoms with Gasteiger partial charge in [-0.3, -0.25) is 9.52 Å². The Labute approximate surface area is 175 Å². The smallest absolute Gasteiger partial charge is 0.247 e. The van der Waals surface area contributed by atoms with Gasteiger partial charge in [0.25, 0.3) is 0 Å². The summed E-state index contributed by atoms with van der Waals surface area (Å²) < 4.78 is 32.2. The maximum Gasteiger partial charge on any atom is 0.247 e. The number of anilines is 1. The van der Waals surface area contributed by atoms with Gasteiger partial charge in [0.1, 0.15) is 0 Å². The van der Waals surface area contributed by atoms with Crippen LogP contribution in [0.4, 0.5) is 5.69 Å². The third-order valence-electron chi connectivity index (χ3n) is 4.57. The third kappa shape index (κ3) is 5.11. The Morgan fingerprint density at radius 3 is 2.50 bits per heavy atom. The number of nitrogens with two attached hydrogens (primary N) is 1. The average Bonchev–Trinajstić information content (AvgIpc) is 3.19. The highest BCUT2D eigenvalue weighted by Crippen LogP contribution is 2.28. The molecule has 1 unspecified atom stereocenters. The minimum Gasteiger partial charge on any atom is -0.419 e. The molecule has 0 radical (unpaired) electrons. The summed E-state index contributed by atoms with van der Waals surface area (Å²) in [6, 6.07) is 14.3. The van der Waals surface area contributed by atoms with Gasteiger partial charge in [-0.05, 0) is 51.0 Å². The number of carbonyl (C=O) groups is 1. The zero-order valence-electron chi connectivity index (χ0n) is 17.0. The first-order chi connectivity index (χ1) is 14.1. The Kier molecular flexibility index (Phi) is 6.04. The fourth-order valence-corrected chi connectivity index (χ4v) is 3.55. The maximum absolute atomic E-state index is 11.9. The first-order valence-corrected chi connectivity index (χ1v) is 11.1. The normalized spacial score (nSPS) is 13.6. The lowest BCUT2D eigenvalue weighted by molar-refractivity contribution is 0.101. The molecule has 0 fully saturated rings. The van der Waals surface area contributed by atoms with Gasteiger partial charge in [-0.1, -0.05) is 30.3 Å². The molecule has 2 aromatic carbocycles. The average molecular weight is 429 g/mol. The van der Waals surface area contributed by atoms with E-state index in [1.165, 1.54) is 19.9 Å². The number of sulfonamides is 1. The molecule has 158 valence electrons. The van der Waals surface area contributed by atoms with Crippen LogP contribution in [0.3, 0.4) is 0 Å². The van der Waals surface area contributed by atoms with E-state index in [0.717, 1.165) is 5.56 Å². The molecular formula is C21H24N4O4S. The van der Waals surface area contributed by atoms with E-state index in [0.29, 0.717) is 17.5 Å². The second-order valence-corrected chi connectivity index (χ2v) is 9.36. The van der Waals surface area contributed by atoms with Gasteiger partial charge in [-0.25, -0.2) is 8.42 Å². The molecule has 9 heteroatoms. The maximum atomic E-state index is 11.9. The lowest BCUT2D eigenvalue weighted by Crippen LogP contribution is -2.35. The SMILES string of the molecule is CCS(=O)(=O)Nc1cc(C(C)=O)cc(-c2nnc(C(C)(N)Cc3ccccc3)o2)c1. The highest BCUT2D eigenvalue weighted by molar-refractivity contribution is 7.92. The molecule has 0 aliphatic rings. The summed E-state index contributed by atoms with van der Waals surface area (Å²) in [6.45, 7) is 4.72. The summed E-state index contributed by atoms with van der Waals surface area (Å²) in [5.74, 6) is 0.0730. The number of rotatable bonds is 8. The van der Waals surface area contributed by atoms with Crippen LogP contribution in [-0.4, -0.2) is 30.2 Å². The summed E-state index contributed by atoms with van der Waals surface area (Å²) in [7, 11) is -3.51. The number of benzene rings is 2. The van der Waals surface area contributed by atoms with Gasteiger partial charge in [-0.15, -0.1) is 10.2 Å². The first-order valence-electron chi connectivity index (χ1n) is 9.43. The van der Waals surface area contributed by atoms with Crippen molar-refractivity contribution >= 4 is 21.5 Å². The molecule has 0 saturated heterocycles. The molecule has 0 saturated carbocycles. The number of Topliss-reactive ketones (excluding diaryl/α,β-unsaturated/α-hetero) is 1. The Morgan fingerprint density at radius 1 is 1.17 bits per heavy atom. The highest BCUT2D eigenvalue weighted by atomic mass is 32.2. The van der Waals surface area contributed by atoms with Gasteiger partial charge in [-0.2, -0.15) is 0 Å². The molecule has 0 bridgehead atoms. The van der Waals surface area contributed by atoms with Crippen LogP contribution >= 0.6 is 0 Å². The van der Waals surface area contributed by atoms with Gasteiger partial charge in [0.2, 0.25) is 21.8 Å². The molecule has 3 aromatic rings. The van der Waals surface area contributed by atoms with Crippen LogP contribution in [0.2, 0.25) is 0 Å². The number of aromatic nitrogens is 2. The molecular weight excluding hydrogens is 404 g/mol. The fraction of sp³-hybridized carbons (Fsp3) is 0.286. The summed E-state index contributed by atoms with van der Waals surface area (Å²) in [5, 5.41) is 8.16. The monoisotopic (exact) mass is 428 g/mol. The molecule has 3 N–H and O–H groups in total. The van der Waals surface area contributed by atoms with E-state index in [9.17, 15) is 13.2 Å².